The third-order valence-electron chi connectivity index (χ3n) is 2.87. The van der Waals surface area contributed by atoms with E-state index in [-0.39, 0.29) is 6.61 Å². The minimum absolute atomic E-state index is 0.0287. The van der Waals surface area contributed by atoms with E-state index < -0.39 is 0 Å². The quantitative estimate of drug-likeness (QED) is 0.838. The topological polar surface area (TPSA) is 38.7 Å². The fourth-order valence-electron chi connectivity index (χ4n) is 1.87. The molecule has 0 aromatic heterocycles. The summed E-state index contributed by atoms with van der Waals surface area (Å²) < 4.78 is 10.9. The normalized spacial score (nSPS) is 10.3. The first-order valence-electron chi connectivity index (χ1n) is 6.90. The van der Waals surface area contributed by atoms with E-state index in [4.69, 9.17) is 14.6 Å². The molecule has 106 valence electrons. The highest BCUT2D eigenvalue weighted by atomic mass is 16.5. The van der Waals surface area contributed by atoms with Crippen LogP contribution in [0.15, 0.2) is 48.5 Å². The van der Waals surface area contributed by atoms with Gasteiger partial charge in [0.25, 0.3) is 0 Å². The lowest BCUT2D eigenvalue weighted by molar-refractivity contribution is 0.201. The molecule has 0 saturated carbocycles. The van der Waals surface area contributed by atoms with E-state index in [0.29, 0.717) is 6.61 Å². The van der Waals surface area contributed by atoms with Crippen LogP contribution in [0.5, 0.6) is 11.5 Å². The van der Waals surface area contributed by atoms with E-state index in [1.54, 1.807) is 0 Å². The Balaban J connectivity index is 2.03. The van der Waals surface area contributed by atoms with E-state index in [1.165, 1.54) is 0 Å². The van der Waals surface area contributed by atoms with Gasteiger partial charge in [-0.25, -0.2) is 0 Å². The molecule has 0 atom stereocenters. The predicted molar refractivity (Wildman–Crippen MR) is 80.2 cm³/mol. The van der Waals surface area contributed by atoms with Crippen LogP contribution in [0, 0.1) is 0 Å². The Morgan fingerprint density at radius 1 is 0.750 bits per heavy atom. The van der Waals surface area contributed by atoms with Gasteiger partial charge in [0.15, 0.2) is 0 Å². The van der Waals surface area contributed by atoms with Crippen molar-refractivity contribution in [3.63, 3.8) is 0 Å². The lowest BCUT2D eigenvalue weighted by Gasteiger charge is -2.08. The summed E-state index contributed by atoms with van der Waals surface area (Å²) in [5.74, 6) is 1.67. The lowest BCUT2D eigenvalue weighted by atomic mass is 10.1. The first-order valence-corrected chi connectivity index (χ1v) is 6.90. The maximum absolute atomic E-state index is 8.71. The van der Waals surface area contributed by atoms with Crippen LogP contribution in [0.1, 0.15) is 13.3 Å². The molecule has 2 rings (SSSR count). The first kappa shape index (κ1) is 14.4. The molecule has 0 unspecified atom stereocenters. The largest absolute Gasteiger partial charge is 0.494 e. The second-order valence-electron chi connectivity index (χ2n) is 4.47. The molecule has 3 nitrogen and oxygen atoms in total. The summed E-state index contributed by atoms with van der Waals surface area (Å²) in [7, 11) is 0. The maximum atomic E-state index is 8.71. The third kappa shape index (κ3) is 4.00. The van der Waals surface area contributed by atoms with Crippen molar-refractivity contribution in [1.82, 2.24) is 0 Å². The maximum Gasteiger partial charge on any atom is 0.119 e. The minimum atomic E-state index is 0.0287. The highest BCUT2D eigenvalue weighted by molar-refractivity contribution is 5.64. The fraction of sp³-hybridized carbons (Fsp3) is 0.294. The van der Waals surface area contributed by atoms with Crippen molar-refractivity contribution >= 4 is 0 Å². The summed E-state index contributed by atoms with van der Waals surface area (Å²) in [5.41, 5.74) is 2.27. The van der Waals surface area contributed by atoms with Crippen LogP contribution < -0.4 is 9.47 Å². The zero-order chi connectivity index (χ0) is 14.2. The number of aliphatic hydroxyl groups is 1. The van der Waals surface area contributed by atoms with Crippen molar-refractivity contribution in [3.05, 3.63) is 48.5 Å². The SMILES string of the molecule is CCCOc1ccc(-c2ccc(OCCO)cc2)cc1. The molecule has 0 amide bonds. The highest BCUT2D eigenvalue weighted by Crippen LogP contribution is 2.24. The Hall–Kier alpha value is -2.00. The molecule has 3 heteroatoms. The smallest absolute Gasteiger partial charge is 0.119 e. The first-order chi connectivity index (χ1) is 9.83. The lowest BCUT2D eigenvalue weighted by Crippen LogP contribution is -2.01. The molecular weight excluding hydrogens is 252 g/mol. The van der Waals surface area contributed by atoms with Gasteiger partial charge >= 0.3 is 0 Å². The van der Waals surface area contributed by atoms with Gasteiger partial charge in [-0.2, -0.15) is 0 Å². The molecule has 2 aromatic rings. The van der Waals surface area contributed by atoms with Crippen molar-refractivity contribution in [2.45, 2.75) is 13.3 Å². The summed E-state index contributed by atoms with van der Waals surface area (Å²) in [4.78, 5) is 0. The highest BCUT2D eigenvalue weighted by Gasteiger charge is 2.00. The Morgan fingerprint density at radius 2 is 1.20 bits per heavy atom. The van der Waals surface area contributed by atoms with Gasteiger partial charge in [-0.05, 0) is 41.8 Å². The van der Waals surface area contributed by atoms with E-state index >= 15 is 0 Å². The van der Waals surface area contributed by atoms with Crippen LogP contribution in [0.25, 0.3) is 11.1 Å². The van der Waals surface area contributed by atoms with Crippen molar-refractivity contribution in [3.8, 4) is 22.6 Å². The predicted octanol–water partition coefficient (Wildman–Crippen LogP) is 3.51. The molecule has 0 spiro atoms. The minimum Gasteiger partial charge on any atom is -0.494 e. The van der Waals surface area contributed by atoms with Crippen molar-refractivity contribution < 1.29 is 14.6 Å². The molecule has 0 heterocycles. The Kier molecular flexibility index (Phi) is 5.44. The Labute approximate surface area is 119 Å². The number of hydrogen-bond donors (Lipinski definition) is 1. The van der Waals surface area contributed by atoms with Gasteiger partial charge in [0.05, 0.1) is 13.2 Å². The van der Waals surface area contributed by atoms with Crippen LogP contribution in [-0.2, 0) is 0 Å². The van der Waals surface area contributed by atoms with E-state index in [2.05, 4.69) is 19.1 Å². The van der Waals surface area contributed by atoms with Crippen molar-refractivity contribution in [2.24, 2.45) is 0 Å². The second kappa shape index (κ2) is 7.56. The molecule has 0 fully saturated rings. The van der Waals surface area contributed by atoms with E-state index in [1.807, 2.05) is 36.4 Å². The number of hydrogen-bond acceptors (Lipinski definition) is 3. The Morgan fingerprint density at radius 3 is 1.60 bits per heavy atom. The molecule has 20 heavy (non-hydrogen) atoms. The van der Waals surface area contributed by atoms with Gasteiger partial charge in [0.1, 0.15) is 18.1 Å². The standard InChI is InChI=1S/C17H20O3/c1-2-12-19-16-7-3-14(4-8-16)15-5-9-17(10-6-15)20-13-11-18/h3-10,18H,2,11-13H2,1H3. The van der Waals surface area contributed by atoms with Crippen LogP contribution in [0.4, 0.5) is 0 Å². The van der Waals surface area contributed by atoms with Gasteiger partial charge < -0.3 is 14.6 Å². The molecular formula is C17H20O3. The van der Waals surface area contributed by atoms with Gasteiger partial charge in [-0.3, -0.25) is 0 Å². The number of benzene rings is 2. The zero-order valence-corrected chi connectivity index (χ0v) is 11.7. The average molecular weight is 272 g/mol. The summed E-state index contributed by atoms with van der Waals surface area (Å²) in [6, 6.07) is 15.9. The number of rotatable bonds is 7. The fourth-order valence-corrected chi connectivity index (χ4v) is 1.87. The van der Waals surface area contributed by atoms with Gasteiger partial charge in [0.2, 0.25) is 0 Å². The molecule has 2 aromatic carbocycles. The summed E-state index contributed by atoms with van der Waals surface area (Å²) in [5, 5.41) is 8.71. The molecule has 0 radical (unpaired) electrons. The number of aliphatic hydroxyl groups excluding tert-OH is 1. The molecule has 0 aliphatic rings. The molecule has 0 aliphatic heterocycles. The third-order valence-corrected chi connectivity index (χ3v) is 2.87. The van der Waals surface area contributed by atoms with Gasteiger partial charge in [-0.15, -0.1) is 0 Å². The summed E-state index contributed by atoms with van der Waals surface area (Å²) in [6.45, 7) is 3.19. The monoisotopic (exact) mass is 272 g/mol. The van der Waals surface area contributed by atoms with Gasteiger partial charge in [-0.1, -0.05) is 31.2 Å². The van der Waals surface area contributed by atoms with Crippen LogP contribution in [0.3, 0.4) is 0 Å². The van der Waals surface area contributed by atoms with Gasteiger partial charge in [0, 0.05) is 0 Å². The molecule has 1 N–H and O–H groups in total. The summed E-state index contributed by atoms with van der Waals surface area (Å²) >= 11 is 0. The molecule has 0 aliphatic carbocycles. The van der Waals surface area contributed by atoms with Crippen LogP contribution >= 0.6 is 0 Å². The molecule has 0 saturated heterocycles. The second-order valence-corrected chi connectivity index (χ2v) is 4.47. The van der Waals surface area contributed by atoms with E-state index in [0.717, 1.165) is 35.7 Å². The summed E-state index contributed by atoms with van der Waals surface area (Å²) in [6.07, 6.45) is 1.01. The van der Waals surface area contributed by atoms with Crippen LogP contribution in [-0.4, -0.2) is 24.9 Å². The zero-order valence-electron chi connectivity index (χ0n) is 11.7. The van der Waals surface area contributed by atoms with E-state index in [9.17, 15) is 0 Å². The number of ether oxygens (including phenoxy) is 2. The van der Waals surface area contributed by atoms with Crippen molar-refractivity contribution in [1.29, 1.82) is 0 Å². The molecule has 0 bridgehead atoms. The van der Waals surface area contributed by atoms with Crippen molar-refractivity contribution in [2.75, 3.05) is 19.8 Å². The average Bonchev–Trinajstić information content (AvgIpc) is 2.52. The Bertz CT molecular complexity index is 453. The van der Waals surface area contributed by atoms with Crippen LogP contribution in [0.2, 0.25) is 0 Å².